The van der Waals surface area contributed by atoms with E-state index in [1.165, 1.54) is 12.0 Å². The van der Waals surface area contributed by atoms with Gasteiger partial charge in [-0.05, 0) is 50.0 Å². The van der Waals surface area contributed by atoms with Crippen molar-refractivity contribution in [2.24, 2.45) is 5.73 Å². The van der Waals surface area contributed by atoms with Crippen molar-refractivity contribution in [2.45, 2.75) is 38.3 Å². The van der Waals surface area contributed by atoms with Crippen LogP contribution in [0.2, 0.25) is 5.02 Å². The zero-order valence-electron chi connectivity index (χ0n) is 10.7. The number of nitrogens with zero attached hydrogens (tertiary/aromatic N) is 1. The van der Waals surface area contributed by atoms with Gasteiger partial charge in [0.1, 0.15) is 0 Å². The Hall–Kier alpha value is -0.0900. The van der Waals surface area contributed by atoms with Crippen LogP contribution in [-0.4, -0.2) is 24.0 Å². The molecule has 2 unspecified atom stereocenters. The SMILES string of the molecule is CCCN1CCCC(N)C1c1ccc(Br)cc1Cl. The summed E-state index contributed by atoms with van der Waals surface area (Å²) in [4.78, 5) is 2.48. The molecule has 2 rings (SSSR count). The molecule has 0 aromatic heterocycles. The van der Waals surface area contributed by atoms with E-state index < -0.39 is 0 Å². The third-order valence-electron chi connectivity index (χ3n) is 3.57. The van der Waals surface area contributed by atoms with Crippen molar-refractivity contribution in [3.05, 3.63) is 33.3 Å². The number of nitrogens with two attached hydrogens (primary N) is 1. The van der Waals surface area contributed by atoms with E-state index in [-0.39, 0.29) is 12.1 Å². The van der Waals surface area contributed by atoms with Crippen molar-refractivity contribution in [1.82, 2.24) is 4.90 Å². The molecule has 0 radical (unpaired) electrons. The number of rotatable bonds is 3. The Kier molecular flexibility index (Phi) is 5.07. The first-order valence-corrected chi connectivity index (χ1v) is 7.75. The molecule has 0 spiro atoms. The summed E-state index contributed by atoms with van der Waals surface area (Å²) in [6.45, 7) is 4.42. The Labute approximate surface area is 123 Å². The Morgan fingerprint density at radius 2 is 2.28 bits per heavy atom. The van der Waals surface area contributed by atoms with E-state index in [0.29, 0.717) is 0 Å². The van der Waals surface area contributed by atoms with E-state index in [1.54, 1.807) is 0 Å². The monoisotopic (exact) mass is 330 g/mol. The molecule has 1 heterocycles. The summed E-state index contributed by atoms with van der Waals surface area (Å²) in [6, 6.07) is 6.56. The summed E-state index contributed by atoms with van der Waals surface area (Å²) < 4.78 is 1.02. The molecule has 1 aromatic carbocycles. The van der Waals surface area contributed by atoms with Crippen LogP contribution in [-0.2, 0) is 0 Å². The van der Waals surface area contributed by atoms with Crippen molar-refractivity contribution < 1.29 is 0 Å². The highest BCUT2D eigenvalue weighted by molar-refractivity contribution is 9.10. The van der Waals surface area contributed by atoms with Gasteiger partial charge in [-0.1, -0.05) is 40.5 Å². The maximum absolute atomic E-state index is 6.38. The Morgan fingerprint density at radius 1 is 1.50 bits per heavy atom. The topological polar surface area (TPSA) is 29.3 Å². The van der Waals surface area contributed by atoms with Crippen LogP contribution in [0, 0.1) is 0 Å². The molecule has 4 heteroatoms. The van der Waals surface area contributed by atoms with Crippen LogP contribution in [0.15, 0.2) is 22.7 Å². The maximum Gasteiger partial charge on any atom is 0.0513 e. The number of piperidine rings is 1. The second kappa shape index (κ2) is 6.38. The van der Waals surface area contributed by atoms with Gasteiger partial charge in [-0.25, -0.2) is 0 Å². The predicted molar refractivity (Wildman–Crippen MR) is 81.0 cm³/mol. The lowest BCUT2D eigenvalue weighted by Crippen LogP contribution is -2.46. The van der Waals surface area contributed by atoms with E-state index in [1.807, 2.05) is 12.1 Å². The number of benzene rings is 1. The number of hydrogen-bond donors (Lipinski definition) is 1. The van der Waals surface area contributed by atoms with E-state index in [2.05, 4.69) is 33.8 Å². The largest absolute Gasteiger partial charge is 0.326 e. The van der Waals surface area contributed by atoms with Gasteiger partial charge in [0.05, 0.1) is 6.04 Å². The molecular weight excluding hydrogens is 312 g/mol. The quantitative estimate of drug-likeness (QED) is 0.908. The molecule has 2 N–H and O–H groups in total. The summed E-state index contributed by atoms with van der Waals surface area (Å²) >= 11 is 9.83. The Morgan fingerprint density at radius 3 is 2.94 bits per heavy atom. The lowest BCUT2D eigenvalue weighted by atomic mass is 9.91. The highest BCUT2D eigenvalue weighted by Gasteiger charge is 2.31. The molecular formula is C14H20BrClN2. The molecule has 18 heavy (non-hydrogen) atoms. The minimum atomic E-state index is 0.184. The number of likely N-dealkylation sites (tertiary alicyclic amines) is 1. The fourth-order valence-corrected chi connectivity index (χ4v) is 3.59. The van der Waals surface area contributed by atoms with Crippen LogP contribution >= 0.6 is 27.5 Å². The van der Waals surface area contributed by atoms with Crippen molar-refractivity contribution in [2.75, 3.05) is 13.1 Å². The molecule has 1 aromatic rings. The summed E-state index contributed by atoms with van der Waals surface area (Å²) in [6.07, 6.45) is 3.42. The number of halogens is 2. The van der Waals surface area contributed by atoms with Crippen LogP contribution < -0.4 is 5.73 Å². The van der Waals surface area contributed by atoms with Crippen molar-refractivity contribution in [3.8, 4) is 0 Å². The average molecular weight is 332 g/mol. The summed E-state index contributed by atoms with van der Waals surface area (Å²) in [5, 5.41) is 0.813. The summed E-state index contributed by atoms with van der Waals surface area (Å²) in [7, 11) is 0. The fourth-order valence-electron chi connectivity index (χ4n) is 2.80. The van der Waals surface area contributed by atoms with Crippen LogP contribution in [0.25, 0.3) is 0 Å². The standard InChI is InChI=1S/C14H20BrClN2/c1-2-7-18-8-3-4-13(17)14(18)11-6-5-10(15)9-12(11)16/h5-6,9,13-14H,2-4,7-8,17H2,1H3. The van der Waals surface area contributed by atoms with Gasteiger partial charge in [-0.15, -0.1) is 0 Å². The lowest BCUT2D eigenvalue weighted by molar-refractivity contribution is 0.129. The second-order valence-electron chi connectivity index (χ2n) is 4.95. The first-order chi connectivity index (χ1) is 8.63. The van der Waals surface area contributed by atoms with Gasteiger partial charge in [0.2, 0.25) is 0 Å². The minimum absolute atomic E-state index is 0.184. The molecule has 0 aliphatic carbocycles. The third kappa shape index (κ3) is 3.08. The molecule has 2 atom stereocenters. The molecule has 1 aliphatic rings. The predicted octanol–water partition coefficient (Wildman–Crippen LogP) is 3.98. The van der Waals surface area contributed by atoms with Crippen molar-refractivity contribution >= 4 is 27.5 Å². The van der Waals surface area contributed by atoms with Crippen molar-refractivity contribution in [3.63, 3.8) is 0 Å². The minimum Gasteiger partial charge on any atom is -0.326 e. The molecule has 1 saturated heterocycles. The normalized spacial score (nSPS) is 25.3. The lowest BCUT2D eigenvalue weighted by Gasteiger charge is -2.40. The molecule has 0 amide bonds. The molecule has 1 aliphatic heterocycles. The van der Waals surface area contributed by atoms with Crippen LogP contribution in [0.3, 0.4) is 0 Å². The Balaban J connectivity index is 2.31. The highest BCUT2D eigenvalue weighted by atomic mass is 79.9. The third-order valence-corrected chi connectivity index (χ3v) is 4.39. The van der Waals surface area contributed by atoms with Gasteiger partial charge in [0.25, 0.3) is 0 Å². The average Bonchev–Trinajstić information content (AvgIpc) is 2.31. The van der Waals surface area contributed by atoms with E-state index in [4.69, 9.17) is 17.3 Å². The van der Waals surface area contributed by atoms with E-state index >= 15 is 0 Å². The molecule has 100 valence electrons. The molecule has 0 bridgehead atoms. The first-order valence-electron chi connectivity index (χ1n) is 6.58. The fraction of sp³-hybridized carbons (Fsp3) is 0.571. The highest BCUT2D eigenvalue weighted by Crippen LogP contribution is 2.35. The van der Waals surface area contributed by atoms with Gasteiger partial charge in [-0.3, -0.25) is 4.90 Å². The summed E-state index contributed by atoms with van der Waals surface area (Å²) in [5.74, 6) is 0. The van der Waals surface area contributed by atoms with Gasteiger partial charge in [0.15, 0.2) is 0 Å². The van der Waals surface area contributed by atoms with Crippen LogP contribution in [0.5, 0.6) is 0 Å². The van der Waals surface area contributed by atoms with Crippen LogP contribution in [0.1, 0.15) is 37.8 Å². The van der Waals surface area contributed by atoms with E-state index in [0.717, 1.165) is 35.4 Å². The second-order valence-corrected chi connectivity index (χ2v) is 6.28. The summed E-state index contributed by atoms with van der Waals surface area (Å²) in [5.41, 5.74) is 7.49. The zero-order chi connectivity index (χ0) is 13.1. The van der Waals surface area contributed by atoms with Crippen LogP contribution in [0.4, 0.5) is 0 Å². The number of hydrogen-bond acceptors (Lipinski definition) is 2. The van der Waals surface area contributed by atoms with Gasteiger partial charge >= 0.3 is 0 Å². The van der Waals surface area contributed by atoms with Gasteiger partial charge in [0, 0.05) is 15.5 Å². The first kappa shape index (κ1) is 14.3. The smallest absolute Gasteiger partial charge is 0.0513 e. The molecule has 2 nitrogen and oxygen atoms in total. The molecule has 1 fully saturated rings. The zero-order valence-corrected chi connectivity index (χ0v) is 13.0. The van der Waals surface area contributed by atoms with E-state index in [9.17, 15) is 0 Å². The maximum atomic E-state index is 6.38. The van der Waals surface area contributed by atoms with Crippen molar-refractivity contribution in [1.29, 1.82) is 0 Å². The van der Waals surface area contributed by atoms with Gasteiger partial charge < -0.3 is 5.73 Å². The Bertz CT molecular complexity index is 409. The molecule has 0 saturated carbocycles. The van der Waals surface area contributed by atoms with Gasteiger partial charge in [-0.2, -0.15) is 0 Å².